The Hall–Kier alpha value is -0.683. The van der Waals surface area contributed by atoms with E-state index >= 15 is 0 Å². The van der Waals surface area contributed by atoms with Crippen molar-refractivity contribution in [3.63, 3.8) is 0 Å². The highest BCUT2D eigenvalue weighted by Gasteiger charge is 2.47. The van der Waals surface area contributed by atoms with E-state index in [2.05, 4.69) is 108 Å². The molecule has 0 spiro atoms. The molecule has 1 aromatic carbocycles. The summed E-state index contributed by atoms with van der Waals surface area (Å²) in [6.45, 7) is 22.3. The van der Waals surface area contributed by atoms with Crippen molar-refractivity contribution in [2.75, 3.05) is 0 Å². The molecule has 3 N–H and O–H groups in total. The van der Waals surface area contributed by atoms with Crippen molar-refractivity contribution < 1.29 is 0 Å². The second-order valence-corrected chi connectivity index (χ2v) is 19.3. The van der Waals surface area contributed by atoms with Gasteiger partial charge in [-0.05, 0) is 97.0 Å². The molecule has 3 saturated carbocycles. The van der Waals surface area contributed by atoms with Gasteiger partial charge in [0, 0.05) is 18.1 Å². The third-order valence-electron chi connectivity index (χ3n) is 9.63. The molecule has 0 radical (unpaired) electrons. The maximum Gasteiger partial charge on any atom is 0.315 e. The Labute approximate surface area is 231 Å². The molecule has 3 nitrogen and oxygen atoms in total. The molecule has 0 aliphatic heterocycles. The second-order valence-electron chi connectivity index (χ2n) is 16.4. The van der Waals surface area contributed by atoms with Gasteiger partial charge in [-0.25, -0.2) is 0 Å². The molecule has 6 atom stereocenters. The van der Waals surface area contributed by atoms with Crippen LogP contribution in [0.1, 0.15) is 120 Å². The van der Waals surface area contributed by atoms with E-state index < -0.39 is 8.56 Å². The van der Waals surface area contributed by atoms with Gasteiger partial charge in [-0.2, -0.15) is 0 Å². The van der Waals surface area contributed by atoms with Gasteiger partial charge in [0.25, 0.3) is 0 Å². The summed E-state index contributed by atoms with van der Waals surface area (Å²) in [5, 5.41) is 1.48. The van der Waals surface area contributed by atoms with Gasteiger partial charge in [0.05, 0.1) is 0 Å². The molecule has 4 heteroatoms. The van der Waals surface area contributed by atoms with Crippen molar-refractivity contribution in [3.8, 4) is 0 Å². The van der Waals surface area contributed by atoms with E-state index in [1.54, 1.807) is 0 Å². The molecule has 37 heavy (non-hydrogen) atoms. The average molecular weight is 526 g/mol. The zero-order valence-electron chi connectivity index (χ0n) is 25.7. The van der Waals surface area contributed by atoms with Crippen molar-refractivity contribution in [2.45, 2.75) is 138 Å². The van der Waals surface area contributed by atoms with Crippen molar-refractivity contribution in [1.29, 1.82) is 0 Å². The topological polar surface area (TPSA) is 36.1 Å². The Kier molecular flexibility index (Phi) is 8.76. The molecule has 0 bridgehead atoms. The minimum absolute atomic E-state index is 0.398. The Morgan fingerprint density at radius 3 is 1.16 bits per heavy atom. The number of benzene rings is 1. The van der Waals surface area contributed by atoms with E-state index in [1.807, 2.05) is 0 Å². The van der Waals surface area contributed by atoms with Crippen molar-refractivity contribution >= 4 is 13.7 Å². The highest BCUT2D eigenvalue weighted by molar-refractivity contribution is 6.85. The molecular weight excluding hydrogens is 466 g/mol. The van der Waals surface area contributed by atoms with Crippen molar-refractivity contribution in [3.05, 3.63) is 30.3 Å². The standard InChI is InChI=1S/C33H59N3Si/c1-24-15-27(21-31(4,5)18-24)34-37(30-13-11-10-12-14-30,35-28-16-25(2)19-32(6,7)22-28)36-29-17-26(3)20-33(8,9)23-29/h10-14,24-29,34-36H,15-23H2,1-9H3. The first-order valence-electron chi connectivity index (χ1n) is 15.5. The lowest BCUT2D eigenvalue weighted by Gasteiger charge is -2.50. The summed E-state index contributed by atoms with van der Waals surface area (Å²) >= 11 is 0. The van der Waals surface area contributed by atoms with Gasteiger partial charge in [0.15, 0.2) is 0 Å². The fraction of sp³-hybridized carbons (Fsp3) is 0.818. The van der Waals surface area contributed by atoms with Crippen LogP contribution in [-0.4, -0.2) is 26.7 Å². The molecule has 0 saturated heterocycles. The minimum atomic E-state index is -2.46. The molecule has 4 rings (SSSR count). The van der Waals surface area contributed by atoms with Crippen LogP contribution >= 0.6 is 0 Å². The third kappa shape index (κ3) is 7.93. The predicted molar refractivity (Wildman–Crippen MR) is 163 cm³/mol. The molecule has 6 unspecified atom stereocenters. The van der Waals surface area contributed by atoms with E-state index in [1.165, 1.54) is 63.0 Å². The summed E-state index contributed by atoms with van der Waals surface area (Å²) in [4.78, 5) is 13.4. The number of hydrogen-bond acceptors (Lipinski definition) is 3. The molecule has 0 aromatic heterocycles. The van der Waals surface area contributed by atoms with E-state index in [-0.39, 0.29) is 0 Å². The summed E-state index contributed by atoms with van der Waals surface area (Å²) < 4.78 is 0. The fourth-order valence-corrected chi connectivity index (χ4v) is 13.3. The van der Waals surface area contributed by atoms with E-state index in [9.17, 15) is 0 Å². The summed E-state index contributed by atoms with van der Waals surface area (Å²) in [6, 6.07) is 13.2. The SMILES string of the molecule is CC1CC(N[Si](NC2CC(C)CC(C)(C)C2)(NC2CC(C)CC(C)(C)C2)c2ccccc2)CC(C)(C)C1. The fourth-order valence-electron chi connectivity index (χ4n) is 9.35. The van der Waals surface area contributed by atoms with Crippen molar-refractivity contribution in [1.82, 2.24) is 14.9 Å². The van der Waals surface area contributed by atoms with Crippen LogP contribution in [0.4, 0.5) is 0 Å². The normalized spacial score (nSPS) is 37.0. The number of nitrogens with one attached hydrogen (secondary N) is 3. The van der Waals surface area contributed by atoms with Crippen LogP contribution < -0.4 is 20.1 Å². The quantitative estimate of drug-likeness (QED) is 0.328. The number of hydrogen-bond donors (Lipinski definition) is 3. The van der Waals surface area contributed by atoms with Gasteiger partial charge in [0.1, 0.15) is 0 Å². The first-order chi connectivity index (χ1) is 17.1. The highest BCUT2D eigenvalue weighted by atomic mass is 28.4. The molecule has 3 fully saturated rings. The van der Waals surface area contributed by atoms with Gasteiger partial charge in [0.2, 0.25) is 0 Å². The third-order valence-corrected chi connectivity index (χ3v) is 13.4. The van der Waals surface area contributed by atoms with Crippen molar-refractivity contribution in [2.24, 2.45) is 34.0 Å². The first-order valence-corrected chi connectivity index (χ1v) is 17.5. The highest BCUT2D eigenvalue weighted by Crippen LogP contribution is 2.42. The maximum atomic E-state index is 4.47. The molecule has 1 aromatic rings. The first kappa shape index (κ1) is 29.3. The van der Waals surface area contributed by atoms with Crippen LogP contribution in [0.5, 0.6) is 0 Å². The van der Waals surface area contributed by atoms with Gasteiger partial charge in [-0.3, -0.25) is 0 Å². The predicted octanol–water partition coefficient (Wildman–Crippen LogP) is 7.25. The lowest BCUT2D eigenvalue weighted by atomic mass is 9.71. The molecule has 210 valence electrons. The summed E-state index contributed by atoms with van der Waals surface area (Å²) in [7, 11) is -2.46. The van der Waals surface area contributed by atoms with Gasteiger partial charge < -0.3 is 14.9 Å². The van der Waals surface area contributed by atoms with Crippen LogP contribution in [0.15, 0.2) is 30.3 Å². The van der Waals surface area contributed by atoms with Crippen LogP contribution in [0, 0.1) is 34.0 Å². The number of rotatable bonds is 7. The lowest BCUT2D eigenvalue weighted by molar-refractivity contribution is 0.148. The lowest BCUT2D eigenvalue weighted by Crippen LogP contribution is -2.84. The largest absolute Gasteiger partial charge is 0.315 e. The summed E-state index contributed by atoms with van der Waals surface area (Å²) in [5.74, 6) is 2.31. The van der Waals surface area contributed by atoms with E-state index in [4.69, 9.17) is 0 Å². The van der Waals surface area contributed by atoms with Crippen LogP contribution in [-0.2, 0) is 0 Å². The molecule has 0 amide bonds. The zero-order valence-corrected chi connectivity index (χ0v) is 26.7. The smallest absolute Gasteiger partial charge is 0.307 e. The zero-order chi connectivity index (χ0) is 27.1. The Bertz CT molecular complexity index is 795. The Morgan fingerprint density at radius 1 is 0.541 bits per heavy atom. The van der Waals surface area contributed by atoms with Crippen LogP contribution in [0.3, 0.4) is 0 Å². The molecule has 3 aliphatic carbocycles. The Morgan fingerprint density at radius 2 is 0.865 bits per heavy atom. The van der Waals surface area contributed by atoms with Gasteiger partial charge in [-0.1, -0.05) is 92.6 Å². The van der Waals surface area contributed by atoms with Gasteiger partial charge in [-0.15, -0.1) is 0 Å². The second kappa shape index (κ2) is 11.1. The molecule has 0 heterocycles. The van der Waals surface area contributed by atoms with E-state index in [0.717, 1.165) is 17.8 Å². The summed E-state index contributed by atoms with van der Waals surface area (Å²) in [6.07, 6.45) is 11.7. The maximum absolute atomic E-state index is 4.47. The average Bonchev–Trinajstić information content (AvgIpc) is 2.69. The van der Waals surface area contributed by atoms with Crippen LogP contribution in [0.2, 0.25) is 0 Å². The monoisotopic (exact) mass is 525 g/mol. The van der Waals surface area contributed by atoms with E-state index in [0.29, 0.717) is 34.4 Å². The Balaban J connectivity index is 1.72. The van der Waals surface area contributed by atoms with Gasteiger partial charge >= 0.3 is 8.56 Å². The summed E-state index contributed by atoms with van der Waals surface area (Å²) in [5.41, 5.74) is 1.19. The van der Waals surface area contributed by atoms with Crippen LogP contribution in [0.25, 0.3) is 0 Å². The molecular formula is C33H59N3Si. The minimum Gasteiger partial charge on any atom is -0.307 e. The molecule has 3 aliphatic rings.